The first-order valence-corrected chi connectivity index (χ1v) is 9.60. The quantitative estimate of drug-likeness (QED) is 0.519. The smallest absolute Gasteiger partial charge is 0.280 e. The minimum absolute atomic E-state index is 0.230. The highest BCUT2D eigenvalue weighted by molar-refractivity contribution is 6.00. The minimum Gasteiger partial charge on any atom is -0.490 e. The highest BCUT2D eigenvalue weighted by Gasteiger charge is 2.16. The molecule has 158 valence electrons. The van der Waals surface area contributed by atoms with Crippen LogP contribution in [0.3, 0.4) is 0 Å². The fourth-order valence-corrected chi connectivity index (χ4v) is 3.32. The third kappa shape index (κ3) is 3.44. The van der Waals surface area contributed by atoms with E-state index in [1.165, 1.54) is 16.9 Å². The summed E-state index contributed by atoms with van der Waals surface area (Å²) >= 11 is 0. The van der Waals surface area contributed by atoms with Crippen LogP contribution < -0.4 is 20.5 Å². The number of fused-ring (bicyclic) bond motifs is 4. The normalized spacial score (nSPS) is 13.3. The van der Waals surface area contributed by atoms with Gasteiger partial charge in [-0.2, -0.15) is 9.50 Å². The molecule has 0 unspecified atom stereocenters. The SMILES string of the molecule is COCc1nc2ncc3c(=O)n(NC(=O)c4ccc5c(c4)OCCCO5)ccc3n2n1. The number of ether oxygens (including phenoxy) is 3. The molecule has 4 heterocycles. The molecule has 0 fully saturated rings. The number of hydrogen-bond donors (Lipinski definition) is 1. The first-order chi connectivity index (χ1) is 15.1. The Hall–Kier alpha value is -3.99. The summed E-state index contributed by atoms with van der Waals surface area (Å²) in [5, 5.41) is 4.60. The van der Waals surface area contributed by atoms with E-state index in [1.807, 2.05) is 0 Å². The van der Waals surface area contributed by atoms with Gasteiger partial charge < -0.3 is 14.2 Å². The van der Waals surface area contributed by atoms with Crippen molar-refractivity contribution >= 4 is 22.6 Å². The lowest BCUT2D eigenvalue weighted by Crippen LogP contribution is -2.33. The molecular weight excluding hydrogens is 404 g/mol. The van der Waals surface area contributed by atoms with Gasteiger partial charge in [-0.25, -0.2) is 9.66 Å². The van der Waals surface area contributed by atoms with E-state index in [2.05, 4.69) is 20.5 Å². The monoisotopic (exact) mass is 422 g/mol. The Balaban J connectivity index is 1.47. The fraction of sp³-hybridized carbons (Fsp3) is 0.250. The molecule has 0 atom stereocenters. The number of hydrogen-bond acceptors (Lipinski definition) is 8. The van der Waals surface area contributed by atoms with Crippen LogP contribution in [0, 0.1) is 0 Å². The third-order valence-electron chi connectivity index (χ3n) is 4.78. The number of carbonyl (C=O) groups excluding carboxylic acids is 1. The number of carbonyl (C=O) groups is 1. The van der Waals surface area contributed by atoms with Gasteiger partial charge in [-0.15, -0.1) is 5.10 Å². The predicted octanol–water partition coefficient (Wildman–Crippen LogP) is 1.13. The Labute approximate surface area is 175 Å². The molecule has 0 aliphatic carbocycles. The van der Waals surface area contributed by atoms with E-state index < -0.39 is 11.5 Å². The van der Waals surface area contributed by atoms with Gasteiger partial charge in [-0.1, -0.05) is 0 Å². The first kappa shape index (κ1) is 19.0. The van der Waals surface area contributed by atoms with Crippen molar-refractivity contribution in [2.45, 2.75) is 13.0 Å². The second kappa shape index (κ2) is 7.69. The van der Waals surface area contributed by atoms with Crippen LogP contribution in [0.2, 0.25) is 0 Å². The summed E-state index contributed by atoms with van der Waals surface area (Å²) < 4.78 is 18.8. The maximum Gasteiger partial charge on any atom is 0.280 e. The highest BCUT2D eigenvalue weighted by Crippen LogP contribution is 2.30. The Bertz CT molecular complexity index is 1360. The summed E-state index contributed by atoms with van der Waals surface area (Å²) in [5.41, 5.74) is 3.00. The van der Waals surface area contributed by atoms with E-state index in [0.717, 1.165) is 11.1 Å². The van der Waals surface area contributed by atoms with Crippen molar-refractivity contribution < 1.29 is 19.0 Å². The zero-order valence-electron chi connectivity index (χ0n) is 16.6. The fourth-order valence-electron chi connectivity index (χ4n) is 3.32. The number of nitrogens with one attached hydrogen (secondary N) is 1. The molecule has 1 amide bonds. The predicted molar refractivity (Wildman–Crippen MR) is 109 cm³/mol. The number of amides is 1. The number of pyridine rings is 1. The summed E-state index contributed by atoms with van der Waals surface area (Å²) in [4.78, 5) is 34.1. The molecule has 1 aliphatic heterocycles. The second-order valence-electron chi connectivity index (χ2n) is 6.87. The van der Waals surface area contributed by atoms with Gasteiger partial charge >= 0.3 is 0 Å². The van der Waals surface area contributed by atoms with Crippen molar-refractivity contribution in [3.63, 3.8) is 0 Å². The molecule has 0 saturated carbocycles. The average molecular weight is 422 g/mol. The molecule has 0 radical (unpaired) electrons. The standard InChI is InChI=1S/C20H18N6O5/c1-29-11-17-22-20-21-10-13-14(26(20)23-17)5-6-25(19(13)28)24-18(27)12-3-4-15-16(9-12)31-8-2-7-30-15/h3-6,9-10H,2,7-8,11H2,1H3,(H,24,27). The highest BCUT2D eigenvalue weighted by atomic mass is 16.5. The van der Waals surface area contributed by atoms with E-state index in [-0.39, 0.29) is 12.0 Å². The van der Waals surface area contributed by atoms with E-state index in [9.17, 15) is 9.59 Å². The van der Waals surface area contributed by atoms with Crippen LogP contribution in [0.4, 0.5) is 0 Å². The van der Waals surface area contributed by atoms with Crippen molar-refractivity contribution in [1.82, 2.24) is 24.3 Å². The number of benzene rings is 1. The van der Waals surface area contributed by atoms with Crippen LogP contribution in [0.1, 0.15) is 22.6 Å². The zero-order valence-corrected chi connectivity index (χ0v) is 16.6. The number of nitrogens with zero attached hydrogens (tertiary/aromatic N) is 5. The molecular formula is C20H18N6O5. The summed E-state index contributed by atoms with van der Waals surface area (Å²) in [6.07, 6.45) is 3.64. The van der Waals surface area contributed by atoms with Crippen molar-refractivity contribution in [1.29, 1.82) is 0 Å². The molecule has 0 spiro atoms. The molecule has 11 heteroatoms. The molecule has 31 heavy (non-hydrogen) atoms. The van der Waals surface area contributed by atoms with Crippen molar-refractivity contribution in [2.75, 3.05) is 25.7 Å². The van der Waals surface area contributed by atoms with Crippen LogP contribution in [-0.2, 0) is 11.3 Å². The summed E-state index contributed by atoms with van der Waals surface area (Å²) in [6, 6.07) is 6.55. The Morgan fingerprint density at radius 3 is 2.90 bits per heavy atom. The van der Waals surface area contributed by atoms with Crippen LogP contribution in [-0.4, -0.2) is 50.5 Å². The first-order valence-electron chi connectivity index (χ1n) is 9.60. The van der Waals surface area contributed by atoms with Crippen molar-refractivity contribution in [3.8, 4) is 11.5 Å². The Morgan fingerprint density at radius 2 is 2.06 bits per heavy atom. The summed E-state index contributed by atoms with van der Waals surface area (Å²) in [7, 11) is 1.54. The van der Waals surface area contributed by atoms with Gasteiger partial charge in [0.1, 0.15) is 6.61 Å². The lowest BCUT2D eigenvalue weighted by molar-refractivity contribution is 0.101. The van der Waals surface area contributed by atoms with Crippen molar-refractivity contribution in [3.05, 3.63) is 58.4 Å². The lowest BCUT2D eigenvalue weighted by atomic mass is 10.2. The number of rotatable bonds is 4. The Morgan fingerprint density at radius 1 is 1.23 bits per heavy atom. The minimum atomic E-state index is -0.464. The molecule has 4 aromatic rings. The molecule has 1 aromatic carbocycles. The molecule has 3 aromatic heterocycles. The number of aromatic nitrogens is 5. The van der Waals surface area contributed by atoms with Gasteiger partial charge in [-0.05, 0) is 24.3 Å². The van der Waals surface area contributed by atoms with Crippen LogP contribution in [0.5, 0.6) is 11.5 Å². The van der Waals surface area contributed by atoms with Gasteiger partial charge in [0, 0.05) is 31.5 Å². The van der Waals surface area contributed by atoms with E-state index in [0.29, 0.717) is 47.4 Å². The second-order valence-corrected chi connectivity index (χ2v) is 6.87. The van der Waals surface area contributed by atoms with E-state index in [4.69, 9.17) is 14.2 Å². The van der Waals surface area contributed by atoms with Gasteiger partial charge in [0.25, 0.3) is 17.2 Å². The van der Waals surface area contributed by atoms with E-state index in [1.54, 1.807) is 31.4 Å². The van der Waals surface area contributed by atoms with E-state index >= 15 is 0 Å². The molecule has 5 rings (SSSR count). The summed E-state index contributed by atoms with van der Waals surface area (Å²) in [6.45, 7) is 1.30. The summed E-state index contributed by atoms with van der Waals surface area (Å²) in [5.74, 6) is 1.44. The van der Waals surface area contributed by atoms with Gasteiger partial charge in [-0.3, -0.25) is 15.0 Å². The topological polar surface area (TPSA) is 122 Å². The average Bonchev–Trinajstić information content (AvgIpc) is 3.04. The third-order valence-corrected chi connectivity index (χ3v) is 4.78. The molecule has 0 bridgehead atoms. The maximum atomic E-state index is 12.9. The van der Waals surface area contributed by atoms with Crippen LogP contribution in [0.15, 0.2) is 41.5 Å². The molecule has 1 N–H and O–H groups in total. The van der Waals surface area contributed by atoms with Gasteiger partial charge in [0.2, 0.25) is 0 Å². The molecule has 11 nitrogen and oxygen atoms in total. The van der Waals surface area contributed by atoms with Crippen LogP contribution >= 0.6 is 0 Å². The Kier molecular flexibility index (Phi) is 4.71. The number of methoxy groups -OCH3 is 1. The van der Waals surface area contributed by atoms with Crippen LogP contribution in [0.25, 0.3) is 16.7 Å². The van der Waals surface area contributed by atoms with Gasteiger partial charge in [0.15, 0.2) is 17.3 Å². The maximum absolute atomic E-state index is 12.9. The largest absolute Gasteiger partial charge is 0.490 e. The molecule has 1 aliphatic rings. The zero-order chi connectivity index (χ0) is 21.4. The van der Waals surface area contributed by atoms with Gasteiger partial charge in [0.05, 0.1) is 24.1 Å². The molecule has 0 saturated heterocycles. The lowest BCUT2D eigenvalue weighted by Gasteiger charge is -2.11. The van der Waals surface area contributed by atoms with Crippen molar-refractivity contribution in [2.24, 2.45) is 0 Å².